The third-order valence-electron chi connectivity index (χ3n) is 4.76. The summed E-state index contributed by atoms with van der Waals surface area (Å²) in [6.45, 7) is 6.34. The highest BCUT2D eigenvalue weighted by Crippen LogP contribution is 2.33. The molecule has 0 aliphatic carbocycles. The van der Waals surface area contributed by atoms with Gasteiger partial charge < -0.3 is 9.84 Å². The number of benzene rings is 1. The fourth-order valence-electron chi connectivity index (χ4n) is 3.13. The number of sulfonamides is 1. The number of hydrogen-bond acceptors (Lipinski definition) is 7. The van der Waals surface area contributed by atoms with E-state index in [0.717, 1.165) is 0 Å². The molecule has 1 aliphatic heterocycles. The molecule has 1 aromatic heterocycles. The van der Waals surface area contributed by atoms with Gasteiger partial charge in [-0.25, -0.2) is 18.1 Å². The van der Waals surface area contributed by atoms with Crippen LogP contribution in [0.15, 0.2) is 32.9 Å². The molecular formula is C20H26N4O5S. The Hall–Kier alpha value is -2.88. The van der Waals surface area contributed by atoms with Gasteiger partial charge in [0, 0.05) is 12.6 Å². The van der Waals surface area contributed by atoms with Crippen LogP contribution in [-0.2, 0) is 23.0 Å². The number of ether oxygens (including phenoxy) is 1. The van der Waals surface area contributed by atoms with Crippen molar-refractivity contribution in [3.05, 3.63) is 39.8 Å². The van der Waals surface area contributed by atoms with E-state index in [2.05, 4.69) is 14.8 Å². The van der Waals surface area contributed by atoms with Crippen molar-refractivity contribution in [2.75, 3.05) is 7.11 Å². The first-order chi connectivity index (χ1) is 14.2. The number of aliphatic imine (C=N–C) groups is 1. The molecule has 1 aliphatic rings. The summed E-state index contributed by atoms with van der Waals surface area (Å²) in [5.41, 5.74) is -0.294. The number of hydrogen-bond donors (Lipinski definition) is 2. The molecule has 10 heteroatoms. The van der Waals surface area contributed by atoms with Crippen molar-refractivity contribution in [2.24, 2.45) is 10.9 Å². The van der Waals surface area contributed by atoms with Crippen molar-refractivity contribution in [2.45, 2.75) is 51.5 Å². The molecule has 3 rings (SSSR count). The van der Waals surface area contributed by atoms with E-state index in [4.69, 9.17) is 4.74 Å². The smallest absolute Gasteiger partial charge is 0.281 e. The van der Waals surface area contributed by atoms with Crippen LogP contribution in [0.5, 0.6) is 11.5 Å². The standard InChI is InChI=1S/C20H26N4O5S/c1-5-6-15-18(25)17(20(26)24(22-15)10-9-12(2)3)19-21-14-8-7-13(29-4)11-16(14)30(27,28)23-19/h7-8,11-12,25H,5-6,9-10H2,1-4H3,(H,21,23). The van der Waals surface area contributed by atoms with Crippen LogP contribution in [0.1, 0.15) is 44.9 Å². The van der Waals surface area contributed by atoms with E-state index in [0.29, 0.717) is 43.2 Å². The molecule has 2 N–H and O–H groups in total. The fraction of sp³-hybridized carbons (Fsp3) is 0.450. The summed E-state index contributed by atoms with van der Waals surface area (Å²) in [7, 11) is -2.58. The van der Waals surface area contributed by atoms with E-state index in [9.17, 15) is 18.3 Å². The second-order valence-electron chi connectivity index (χ2n) is 7.53. The molecule has 9 nitrogen and oxygen atoms in total. The molecule has 0 fully saturated rings. The maximum Gasteiger partial charge on any atom is 0.281 e. The van der Waals surface area contributed by atoms with Gasteiger partial charge in [0.2, 0.25) is 0 Å². The second-order valence-corrected chi connectivity index (χ2v) is 9.18. The van der Waals surface area contributed by atoms with Crippen LogP contribution in [0.25, 0.3) is 0 Å². The van der Waals surface area contributed by atoms with Gasteiger partial charge >= 0.3 is 0 Å². The minimum absolute atomic E-state index is 0.0620. The molecule has 0 spiro atoms. The normalized spacial score (nSPS) is 14.8. The van der Waals surface area contributed by atoms with Crippen molar-refractivity contribution in [1.29, 1.82) is 0 Å². The topological polar surface area (TPSA) is 123 Å². The van der Waals surface area contributed by atoms with Crippen molar-refractivity contribution in [3.8, 4) is 11.5 Å². The zero-order valence-electron chi connectivity index (χ0n) is 17.5. The van der Waals surface area contributed by atoms with Gasteiger partial charge in [0.1, 0.15) is 21.9 Å². The zero-order valence-corrected chi connectivity index (χ0v) is 18.3. The van der Waals surface area contributed by atoms with Crippen molar-refractivity contribution < 1.29 is 18.3 Å². The molecule has 0 saturated carbocycles. The molecular weight excluding hydrogens is 408 g/mol. The first-order valence-corrected chi connectivity index (χ1v) is 11.3. The minimum Gasteiger partial charge on any atom is -0.505 e. The van der Waals surface area contributed by atoms with Crippen LogP contribution < -0.4 is 15.0 Å². The van der Waals surface area contributed by atoms with Crippen LogP contribution in [0.4, 0.5) is 5.69 Å². The van der Waals surface area contributed by atoms with E-state index in [-0.39, 0.29) is 27.7 Å². The van der Waals surface area contributed by atoms with E-state index < -0.39 is 15.6 Å². The van der Waals surface area contributed by atoms with Gasteiger partial charge in [-0.05, 0) is 30.9 Å². The Labute approximate surface area is 175 Å². The Morgan fingerprint density at radius 2 is 2.03 bits per heavy atom. The molecule has 0 atom stereocenters. The highest BCUT2D eigenvalue weighted by Gasteiger charge is 2.31. The molecule has 0 amide bonds. The Balaban J connectivity index is 2.20. The number of rotatable bonds is 7. The number of amidine groups is 1. The lowest BCUT2D eigenvalue weighted by molar-refractivity contribution is 0.413. The molecule has 2 heterocycles. The summed E-state index contributed by atoms with van der Waals surface area (Å²) >= 11 is 0. The Bertz CT molecular complexity index is 1150. The highest BCUT2D eigenvalue weighted by atomic mass is 32.2. The van der Waals surface area contributed by atoms with Crippen LogP contribution in [0.2, 0.25) is 0 Å². The van der Waals surface area contributed by atoms with Gasteiger partial charge in [-0.1, -0.05) is 27.2 Å². The van der Waals surface area contributed by atoms with Gasteiger partial charge in [0.25, 0.3) is 15.6 Å². The quantitative estimate of drug-likeness (QED) is 0.689. The maximum atomic E-state index is 13.1. The van der Waals surface area contributed by atoms with Gasteiger partial charge in [0.15, 0.2) is 11.6 Å². The monoisotopic (exact) mass is 434 g/mol. The highest BCUT2D eigenvalue weighted by molar-refractivity contribution is 7.90. The SMILES string of the molecule is CCCc1nn(CCC(C)C)c(=O)c(C2=Nc3ccc(OC)cc3S(=O)(=O)N2)c1O. The second kappa shape index (κ2) is 8.47. The van der Waals surface area contributed by atoms with E-state index in [1.807, 2.05) is 20.8 Å². The molecule has 1 aromatic carbocycles. The average Bonchev–Trinajstić information content (AvgIpc) is 2.68. The van der Waals surface area contributed by atoms with Crippen LogP contribution in [0, 0.1) is 5.92 Å². The minimum atomic E-state index is -4.01. The lowest BCUT2D eigenvalue weighted by Crippen LogP contribution is -2.40. The molecule has 30 heavy (non-hydrogen) atoms. The summed E-state index contributed by atoms with van der Waals surface area (Å²) in [5.74, 6) is 0.151. The largest absolute Gasteiger partial charge is 0.505 e. The van der Waals surface area contributed by atoms with Crippen molar-refractivity contribution >= 4 is 21.5 Å². The molecule has 162 valence electrons. The van der Waals surface area contributed by atoms with Crippen LogP contribution in [0.3, 0.4) is 0 Å². The summed E-state index contributed by atoms with van der Waals surface area (Å²) in [4.78, 5) is 17.3. The van der Waals surface area contributed by atoms with Crippen LogP contribution in [-0.4, -0.2) is 36.3 Å². The van der Waals surface area contributed by atoms with Crippen LogP contribution >= 0.6 is 0 Å². The number of nitrogens with zero attached hydrogens (tertiary/aromatic N) is 3. The number of aromatic hydroxyl groups is 1. The van der Waals surface area contributed by atoms with Gasteiger partial charge in [-0.15, -0.1) is 0 Å². The first-order valence-electron chi connectivity index (χ1n) is 9.80. The Morgan fingerprint density at radius 1 is 1.30 bits per heavy atom. The predicted molar refractivity (Wildman–Crippen MR) is 113 cm³/mol. The number of methoxy groups -OCH3 is 1. The van der Waals surface area contributed by atoms with Gasteiger partial charge in [-0.3, -0.25) is 9.52 Å². The van der Waals surface area contributed by atoms with E-state index >= 15 is 0 Å². The molecule has 0 unspecified atom stereocenters. The third-order valence-corrected chi connectivity index (χ3v) is 6.13. The fourth-order valence-corrected chi connectivity index (χ4v) is 4.30. The number of fused-ring (bicyclic) bond motifs is 1. The molecule has 0 saturated heterocycles. The molecule has 0 bridgehead atoms. The summed E-state index contributed by atoms with van der Waals surface area (Å²) in [6.07, 6.45) is 1.85. The number of aryl methyl sites for hydroxylation is 2. The van der Waals surface area contributed by atoms with E-state index in [1.54, 1.807) is 6.07 Å². The first kappa shape index (κ1) is 21.8. The number of aromatic nitrogens is 2. The summed E-state index contributed by atoms with van der Waals surface area (Å²) in [5, 5.41) is 15.0. The zero-order chi connectivity index (χ0) is 22.1. The lowest BCUT2D eigenvalue weighted by Gasteiger charge is -2.20. The average molecular weight is 435 g/mol. The molecule has 0 radical (unpaired) electrons. The summed E-state index contributed by atoms with van der Waals surface area (Å²) in [6, 6.07) is 4.43. The predicted octanol–water partition coefficient (Wildman–Crippen LogP) is 2.33. The number of nitrogens with one attached hydrogen (secondary N) is 1. The van der Waals surface area contributed by atoms with Gasteiger partial charge in [-0.2, -0.15) is 5.10 Å². The van der Waals surface area contributed by atoms with Gasteiger partial charge in [0.05, 0.1) is 12.8 Å². The molecule has 2 aromatic rings. The van der Waals surface area contributed by atoms with Crippen molar-refractivity contribution in [1.82, 2.24) is 14.5 Å². The summed E-state index contributed by atoms with van der Waals surface area (Å²) < 4.78 is 34.3. The maximum absolute atomic E-state index is 13.1. The van der Waals surface area contributed by atoms with E-state index in [1.165, 1.54) is 23.9 Å². The Kier molecular flexibility index (Phi) is 6.16. The lowest BCUT2D eigenvalue weighted by atomic mass is 10.1. The third kappa shape index (κ3) is 4.18. The Morgan fingerprint density at radius 3 is 2.67 bits per heavy atom. The van der Waals surface area contributed by atoms with Crippen molar-refractivity contribution in [3.63, 3.8) is 0 Å².